The van der Waals surface area contributed by atoms with Crippen LogP contribution in [0.1, 0.15) is 13.8 Å². The highest BCUT2D eigenvalue weighted by Crippen LogP contribution is 2.34. The fourth-order valence-electron chi connectivity index (χ4n) is 2.30. The van der Waals surface area contributed by atoms with Crippen LogP contribution in [-0.2, 0) is 23.7 Å². The molecule has 100 valence electrons. The van der Waals surface area contributed by atoms with Gasteiger partial charge in [0, 0.05) is 14.2 Å². The summed E-state index contributed by atoms with van der Waals surface area (Å²) >= 11 is 0. The minimum absolute atomic E-state index is 0.286. The van der Waals surface area contributed by atoms with Gasteiger partial charge >= 0.3 is 0 Å². The van der Waals surface area contributed by atoms with Crippen molar-refractivity contribution in [3.05, 3.63) is 0 Å². The highest BCUT2D eigenvalue weighted by molar-refractivity contribution is 4.94. The molecule has 0 aromatic rings. The number of fused-ring (bicyclic) bond motifs is 1. The van der Waals surface area contributed by atoms with Gasteiger partial charge in [0.1, 0.15) is 24.4 Å². The zero-order valence-electron chi connectivity index (χ0n) is 10.5. The van der Waals surface area contributed by atoms with Crippen LogP contribution in [0.4, 0.5) is 4.39 Å². The molecule has 0 aromatic heterocycles. The fraction of sp³-hybridized carbons (Fsp3) is 1.00. The van der Waals surface area contributed by atoms with Crippen molar-refractivity contribution in [1.82, 2.24) is 0 Å². The van der Waals surface area contributed by atoms with Crippen molar-refractivity contribution >= 4 is 0 Å². The van der Waals surface area contributed by atoms with Crippen LogP contribution in [0.25, 0.3) is 0 Å². The number of methoxy groups -OCH3 is 2. The summed E-state index contributed by atoms with van der Waals surface area (Å²) in [4.78, 5) is 0. The van der Waals surface area contributed by atoms with Gasteiger partial charge in [-0.2, -0.15) is 0 Å². The van der Waals surface area contributed by atoms with Crippen LogP contribution in [-0.4, -0.2) is 57.4 Å². The number of alkyl halides is 1. The Hall–Kier alpha value is -0.270. The van der Waals surface area contributed by atoms with Gasteiger partial charge in [0.05, 0.1) is 6.61 Å². The summed E-state index contributed by atoms with van der Waals surface area (Å²) in [6, 6.07) is 0. The molecule has 0 spiro atoms. The SMILES string of the molecule is CO[C@@H]1[C@@H](OC)[C@@H](F)O[C@@H]2COC(C)(C)O[C@@H]12. The zero-order valence-corrected chi connectivity index (χ0v) is 10.5. The standard InChI is InChI=1S/C11H19FO5/c1-11(2)15-5-6-7(17-11)8(13-3)9(14-4)10(12)16-6/h6-10H,5H2,1-4H3/t6-,7-,8+,9-,10+/m1/s1. The van der Waals surface area contributed by atoms with Crippen molar-refractivity contribution in [3.63, 3.8) is 0 Å². The van der Waals surface area contributed by atoms with E-state index in [1.54, 1.807) is 13.8 Å². The molecule has 5 atom stereocenters. The van der Waals surface area contributed by atoms with Crippen molar-refractivity contribution in [2.45, 2.75) is 50.4 Å². The van der Waals surface area contributed by atoms with Crippen molar-refractivity contribution in [2.24, 2.45) is 0 Å². The van der Waals surface area contributed by atoms with Gasteiger partial charge in [-0.25, -0.2) is 4.39 Å². The monoisotopic (exact) mass is 250 g/mol. The summed E-state index contributed by atoms with van der Waals surface area (Å²) in [6.45, 7) is 3.90. The van der Waals surface area contributed by atoms with E-state index in [0.717, 1.165) is 0 Å². The van der Waals surface area contributed by atoms with Gasteiger partial charge in [0.2, 0.25) is 6.36 Å². The lowest BCUT2D eigenvalue weighted by atomic mass is 9.97. The van der Waals surface area contributed by atoms with Crippen LogP contribution >= 0.6 is 0 Å². The molecular weight excluding hydrogens is 231 g/mol. The molecule has 2 fully saturated rings. The van der Waals surface area contributed by atoms with Crippen LogP contribution in [0.3, 0.4) is 0 Å². The molecule has 0 N–H and O–H groups in total. The molecule has 2 rings (SSSR count). The quantitative estimate of drug-likeness (QED) is 0.727. The number of halogens is 1. The Morgan fingerprint density at radius 1 is 1.18 bits per heavy atom. The molecule has 6 heteroatoms. The lowest BCUT2D eigenvalue weighted by Crippen LogP contribution is -2.64. The fourth-order valence-corrected chi connectivity index (χ4v) is 2.30. The maximum atomic E-state index is 13.7. The first-order chi connectivity index (χ1) is 7.98. The van der Waals surface area contributed by atoms with E-state index in [1.165, 1.54) is 14.2 Å². The Morgan fingerprint density at radius 3 is 2.41 bits per heavy atom. The van der Waals surface area contributed by atoms with E-state index in [0.29, 0.717) is 0 Å². The van der Waals surface area contributed by atoms with Gasteiger partial charge in [0.25, 0.3) is 0 Å². The zero-order chi connectivity index (χ0) is 12.6. The molecule has 0 unspecified atom stereocenters. The van der Waals surface area contributed by atoms with Gasteiger partial charge in [-0.15, -0.1) is 0 Å². The van der Waals surface area contributed by atoms with Crippen molar-refractivity contribution in [1.29, 1.82) is 0 Å². The van der Waals surface area contributed by atoms with Crippen LogP contribution in [0, 0.1) is 0 Å². The smallest absolute Gasteiger partial charge is 0.228 e. The van der Waals surface area contributed by atoms with Crippen molar-refractivity contribution in [3.8, 4) is 0 Å². The molecule has 5 nitrogen and oxygen atoms in total. The predicted octanol–water partition coefficient (Wildman–Crippen LogP) is 0.862. The Kier molecular flexibility index (Phi) is 3.70. The molecule has 2 saturated heterocycles. The molecule has 17 heavy (non-hydrogen) atoms. The Labute approximate surface area is 100 Å². The highest BCUT2D eigenvalue weighted by atomic mass is 19.1. The van der Waals surface area contributed by atoms with Gasteiger partial charge in [-0.1, -0.05) is 0 Å². The summed E-state index contributed by atoms with van der Waals surface area (Å²) in [7, 11) is 2.94. The maximum absolute atomic E-state index is 13.7. The molecule has 0 aliphatic carbocycles. The summed E-state index contributed by atoms with van der Waals surface area (Å²) < 4.78 is 40.5. The Bertz CT molecular complexity index is 273. The maximum Gasteiger partial charge on any atom is 0.228 e. The second kappa shape index (κ2) is 4.78. The summed E-state index contributed by atoms with van der Waals surface area (Å²) in [5.74, 6) is -0.719. The molecular formula is C11H19FO5. The van der Waals surface area contributed by atoms with E-state index < -0.39 is 30.5 Å². The van der Waals surface area contributed by atoms with E-state index >= 15 is 0 Å². The van der Waals surface area contributed by atoms with Gasteiger partial charge in [0.15, 0.2) is 5.79 Å². The van der Waals surface area contributed by atoms with Gasteiger partial charge in [-0.05, 0) is 13.8 Å². The Balaban J connectivity index is 2.17. The topological polar surface area (TPSA) is 46.2 Å². The highest BCUT2D eigenvalue weighted by Gasteiger charge is 2.52. The van der Waals surface area contributed by atoms with Crippen molar-refractivity contribution < 1.29 is 28.1 Å². The first-order valence-electron chi connectivity index (χ1n) is 5.65. The molecule has 2 aliphatic rings. The minimum Gasteiger partial charge on any atom is -0.376 e. The van der Waals surface area contributed by atoms with E-state index in [-0.39, 0.29) is 12.7 Å². The molecule has 0 bridgehead atoms. The minimum atomic E-state index is -1.53. The summed E-state index contributed by atoms with van der Waals surface area (Å²) in [6.07, 6.45) is -3.67. The number of rotatable bonds is 2. The third-order valence-corrected chi connectivity index (χ3v) is 3.14. The van der Waals surface area contributed by atoms with E-state index in [9.17, 15) is 4.39 Å². The van der Waals surface area contributed by atoms with Crippen LogP contribution in [0.2, 0.25) is 0 Å². The third-order valence-electron chi connectivity index (χ3n) is 3.14. The van der Waals surface area contributed by atoms with E-state index in [2.05, 4.69) is 0 Å². The molecule has 2 heterocycles. The van der Waals surface area contributed by atoms with Crippen molar-refractivity contribution in [2.75, 3.05) is 20.8 Å². The van der Waals surface area contributed by atoms with E-state index in [4.69, 9.17) is 23.7 Å². The number of ether oxygens (including phenoxy) is 5. The molecule has 0 saturated carbocycles. The van der Waals surface area contributed by atoms with Gasteiger partial charge in [-0.3, -0.25) is 0 Å². The average molecular weight is 250 g/mol. The number of hydrogen-bond donors (Lipinski definition) is 0. The predicted molar refractivity (Wildman–Crippen MR) is 56.3 cm³/mol. The third kappa shape index (κ3) is 2.46. The first-order valence-corrected chi connectivity index (χ1v) is 5.65. The van der Waals surface area contributed by atoms with Crippen LogP contribution in [0.5, 0.6) is 0 Å². The van der Waals surface area contributed by atoms with Gasteiger partial charge < -0.3 is 23.7 Å². The molecule has 0 amide bonds. The number of hydrogen-bond acceptors (Lipinski definition) is 5. The normalized spacial score (nSPS) is 45.4. The van der Waals surface area contributed by atoms with Crippen LogP contribution < -0.4 is 0 Å². The second-order valence-corrected chi connectivity index (χ2v) is 4.72. The average Bonchev–Trinajstić information content (AvgIpc) is 2.27. The molecule has 0 radical (unpaired) electrons. The largest absolute Gasteiger partial charge is 0.376 e. The van der Waals surface area contributed by atoms with Crippen LogP contribution in [0.15, 0.2) is 0 Å². The van der Waals surface area contributed by atoms with E-state index in [1.807, 2.05) is 0 Å². The summed E-state index contributed by atoms with van der Waals surface area (Å²) in [5, 5.41) is 0. The molecule has 2 aliphatic heterocycles. The lowest BCUT2D eigenvalue weighted by molar-refractivity contribution is -0.372. The lowest BCUT2D eigenvalue weighted by Gasteiger charge is -2.48. The first kappa shape index (κ1) is 13.2. The molecule has 0 aromatic carbocycles. The Morgan fingerprint density at radius 2 is 1.82 bits per heavy atom. The second-order valence-electron chi connectivity index (χ2n) is 4.72. The summed E-state index contributed by atoms with van der Waals surface area (Å²) in [5.41, 5.74) is 0.